The van der Waals surface area contributed by atoms with Gasteiger partial charge in [-0.3, -0.25) is 24.1 Å². The molecule has 3 aromatic carbocycles. The first-order valence-electron chi connectivity index (χ1n) is 14.2. The summed E-state index contributed by atoms with van der Waals surface area (Å²) in [5.74, 6) is -7.05. The third-order valence-corrected chi connectivity index (χ3v) is 11.2. The van der Waals surface area contributed by atoms with Crippen LogP contribution in [0.2, 0.25) is 5.02 Å². The quantitative estimate of drug-likeness (QED) is 0.193. The molecule has 1 saturated carbocycles. The fourth-order valence-corrected chi connectivity index (χ4v) is 8.62. The van der Waals surface area contributed by atoms with E-state index in [1.807, 2.05) is 0 Å². The topological polar surface area (TPSA) is 95.0 Å². The number of carbonyl (C=O) groups excluding carboxylic acids is 4. The highest BCUT2D eigenvalue weighted by molar-refractivity contribution is 6.58. The Bertz CT molecular complexity index is 1860. The van der Waals surface area contributed by atoms with Crippen LogP contribution in [-0.2, 0) is 19.2 Å². The van der Waals surface area contributed by atoms with Crippen molar-refractivity contribution < 1.29 is 28.7 Å². The molecule has 4 amide bonds. The number of imide groups is 2. The molecule has 4 aliphatic rings. The van der Waals surface area contributed by atoms with Gasteiger partial charge in [0.2, 0.25) is 11.8 Å². The molecule has 6 atom stereocenters. The zero-order valence-corrected chi connectivity index (χ0v) is 25.7. The van der Waals surface area contributed by atoms with Crippen molar-refractivity contribution in [1.82, 2.24) is 0 Å². The van der Waals surface area contributed by atoms with Crippen molar-refractivity contribution in [1.29, 1.82) is 0 Å². The van der Waals surface area contributed by atoms with E-state index in [9.17, 15) is 28.7 Å². The van der Waals surface area contributed by atoms with Gasteiger partial charge in [-0.05, 0) is 78.9 Å². The first-order chi connectivity index (χ1) is 21.4. The van der Waals surface area contributed by atoms with Crippen molar-refractivity contribution in [3.8, 4) is 5.75 Å². The smallest absolute Gasteiger partial charge is 0.258 e. The number of fused-ring (bicyclic) bond motifs is 4. The summed E-state index contributed by atoms with van der Waals surface area (Å²) in [6.07, 6.45) is 3.33. The van der Waals surface area contributed by atoms with E-state index in [0.717, 1.165) is 27.5 Å². The normalized spacial score (nSPS) is 30.6. The van der Waals surface area contributed by atoms with Gasteiger partial charge in [-0.15, -0.1) is 23.2 Å². The third-order valence-electron chi connectivity index (χ3n) is 9.58. The van der Waals surface area contributed by atoms with Gasteiger partial charge in [0.05, 0.1) is 23.2 Å². The lowest BCUT2D eigenvalue weighted by Crippen LogP contribution is -2.60. The van der Waals surface area contributed by atoms with Crippen LogP contribution >= 0.6 is 34.8 Å². The molecule has 0 bridgehead atoms. The van der Waals surface area contributed by atoms with Gasteiger partial charge in [-0.25, -0.2) is 9.29 Å². The first kappa shape index (κ1) is 29.7. The van der Waals surface area contributed by atoms with Crippen molar-refractivity contribution >= 4 is 75.9 Å². The highest BCUT2D eigenvalue weighted by atomic mass is 35.5. The number of halogens is 4. The summed E-state index contributed by atoms with van der Waals surface area (Å²) in [6, 6.07) is 15.8. The molecular formula is C34H24Cl3FN2O5. The zero-order valence-electron chi connectivity index (χ0n) is 23.4. The van der Waals surface area contributed by atoms with Crippen LogP contribution in [0.1, 0.15) is 29.9 Å². The molecule has 11 heteroatoms. The van der Waals surface area contributed by atoms with Gasteiger partial charge in [-0.2, -0.15) is 0 Å². The monoisotopic (exact) mass is 664 g/mol. The number of benzene rings is 3. The number of alkyl halides is 2. The van der Waals surface area contributed by atoms with Crippen LogP contribution in [0.25, 0.3) is 6.08 Å². The van der Waals surface area contributed by atoms with E-state index < -0.39 is 57.0 Å². The molecule has 0 spiro atoms. The standard InChI is InChI=1S/C34H24Cl3FN2O5/c1-2-17-3-8-20(9-4-17)39-29(42)23-13-12-22-25(27(23)30(39)43)16-33(36)31(44)40(21-10-6-19(38)7-11-21)32(45)34(33,37)28(22)24-15-18(35)5-14-26(24)41/h2-12,14-15,23,25,27-28,41H,1,13,16H2. The Balaban J connectivity index is 1.40. The Kier molecular flexibility index (Phi) is 6.78. The number of hydrogen-bond acceptors (Lipinski definition) is 5. The molecule has 1 N–H and O–H groups in total. The second kappa shape index (κ2) is 10.3. The predicted molar refractivity (Wildman–Crippen MR) is 169 cm³/mol. The Hall–Kier alpha value is -3.98. The van der Waals surface area contributed by atoms with Crippen LogP contribution in [0.4, 0.5) is 15.8 Å². The maximum atomic E-state index is 14.4. The number of carbonyl (C=O) groups is 4. The summed E-state index contributed by atoms with van der Waals surface area (Å²) in [5, 5.41) is 11.3. The molecule has 2 heterocycles. The lowest BCUT2D eigenvalue weighted by atomic mass is 9.56. The summed E-state index contributed by atoms with van der Waals surface area (Å²) in [7, 11) is 0. The van der Waals surface area contributed by atoms with Gasteiger partial charge in [-0.1, -0.05) is 48.0 Å². The summed E-state index contributed by atoms with van der Waals surface area (Å²) < 4.78 is 13.8. The lowest BCUT2D eigenvalue weighted by molar-refractivity contribution is -0.125. The molecule has 2 aliphatic carbocycles. The SMILES string of the molecule is C=Cc1ccc(N2C(=O)C3CC=C4C(CC5(Cl)C(=O)N(c6ccc(F)cc6)C(=O)C5(Cl)C4c4cc(Cl)ccc4O)C3C2=O)cc1. The number of phenols is 1. The predicted octanol–water partition coefficient (Wildman–Crippen LogP) is 6.60. The van der Waals surface area contributed by atoms with E-state index in [4.69, 9.17) is 34.8 Å². The number of hydrogen-bond donors (Lipinski definition) is 1. The van der Waals surface area contributed by atoms with Crippen molar-refractivity contribution in [2.24, 2.45) is 17.8 Å². The summed E-state index contributed by atoms with van der Waals surface area (Å²) in [4.78, 5) is 54.3. The maximum Gasteiger partial charge on any atom is 0.258 e. The van der Waals surface area contributed by atoms with Gasteiger partial charge < -0.3 is 5.11 Å². The van der Waals surface area contributed by atoms with Gasteiger partial charge >= 0.3 is 0 Å². The van der Waals surface area contributed by atoms with E-state index >= 15 is 0 Å². The van der Waals surface area contributed by atoms with Gasteiger partial charge in [0.15, 0.2) is 9.75 Å². The van der Waals surface area contributed by atoms with Crippen LogP contribution in [0.5, 0.6) is 5.75 Å². The summed E-state index contributed by atoms with van der Waals surface area (Å²) in [6.45, 7) is 3.74. The summed E-state index contributed by atoms with van der Waals surface area (Å²) in [5.41, 5.74) is 1.92. The Morgan fingerprint density at radius 1 is 0.867 bits per heavy atom. The number of aromatic hydroxyl groups is 1. The number of amides is 4. The average molecular weight is 666 g/mol. The molecule has 6 unspecified atom stereocenters. The van der Waals surface area contributed by atoms with Gasteiger partial charge in [0, 0.05) is 16.5 Å². The number of nitrogens with zero attached hydrogens (tertiary/aromatic N) is 2. The molecule has 7 nitrogen and oxygen atoms in total. The molecule has 0 radical (unpaired) electrons. The van der Waals surface area contributed by atoms with Crippen LogP contribution in [0, 0.1) is 23.6 Å². The average Bonchev–Trinajstić information content (AvgIpc) is 3.37. The van der Waals surface area contributed by atoms with Crippen LogP contribution in [0.3, 0.4) is 0 Å². The van der Waals surface area contributed by atoms with Crippen molar-refractivity contribution in [3.05, 3.63) is 107 Å². The maximum absolute atomic E-state index is 14.4. The van der Waals surface area contributed by atoms with Crippen molar-refractivity contribution in [2.45, 2.75) is 28.5 Å². The molecule has 228 valence electrons. The van der Waals surface area contributed by atoms with Crippen LogP contribution in [-0.4, -0.2) is 38.5 Å². The molecule has 0 aromatic heterocycles. The van der Waals surface area contributed by atoms with E-state index in [1.165, 1.54) is 30.3 Å². The number of rotatable bonds is 4. The van der Waals surface area contributed by atoms with Crippen LogP contribution < -0.4 is 9.80 Å². The fourth-order valence-electron chi connectivity index (χ4n) is 7.51. The molecule has 2 aliphatic heterocycles. The second-order valence-corrected chi connectivity index (χ2v) is 13.4. The summed E-state index contributed by atoms with van der Waals surface area (Å²) >= 11 is 21.0. The largest absolute Gasteiger partial charge is 0.508 e. The number of allylic oxidation sites excluding steroid dienone is 2. The third kappa shape index (κ3) is 4.02. The number of anilines is 2. The highest BCUT2D eigenvalue weighted by Crippen LogP contribution is 2.66. The molecule has 3 aromatic rings. The van der Waals surface area contributed by atoms with Crippen molar-refractivity contribution in [2.75, 3.05) is 9.80 Å². The fraction of sp³-hybridized carbons (Fsp3) is 0.235. The highest BCUT2D eigenvalue weighted by Gasteiger charge is 2.77. The molecule has 45 heavy (non-hydrogen) atoms. The second-order valence-electron chi connectivity index (χ2n) is 11.8. The lowest BCUT2D eigenvalue weighted by Gasteiger charge is -2.50. The first-order valence-corrected chi connectivity index (χ1v) is 15.4. The Morgan fingerprint density at radius 3 is 2.18 bits per heavy atom. The molecular weight excluding hydrogens is 642 g/mol. The Morgan fingerprint density at radius 2 is 1.51 bits per heavy atom. The van der Waals surface area contributed by atoms with E-state index in [0.29, 0.717) is 11.3 Å². The van der Waals surface area contributed by atoms with E-state index in [-0.39, 0.29) is 40.8 Å². The van der Waals surface area contributed by atoms with E-state index in [1.54, 1.807) is 36.4 Å². The van der Waals surface area contributed by atoms with E-state index in [2.05, 4.69) is 6.58 Å². The van der Waals surface area contributed by atoms with Gasteiger partial charge in [0.1, 0.15) is 11.6 Å². The Labute approximate surface area is 272 Å². The number of phenolic OH excluding ortho intramolecular Hbond substituents is 1. The molecule has 2 saturated heterocycles. The van der Waals surface area contributed by atoms with Gasteiger partial charge in [0.25, 0.3) is 11.8 Å². The zero-order chi connectivity index (χ0) is 32.0. The van der Waals surface area contributed by atoms with Crippen molar-refractivity contribution in [3.63, 3.8) is 0 Å². The molecule has 3 fully saturated rings. The minimum Gasteiger partial charge on any atom is -0.508 e. The minimum atomic E-state index is -2.18. The van der Waals surface area contributed by atoms with Crippen LogP contribution in [0.15, 0.2) is 85.0 Å². The molecule has 7 rings (SSSR count). The minimum absolute atomic E-state index is 0.0611.